The normalized spacial score (nSPS) is 11.6. The Labute approximate surface area is 236 Å². The molecule has 0 spiro atoms. The average molecular weight is 531 g/mol. The predicted octanol–water partition coefficient (Wildman–Crippen LogP) is 10.9. The van der Waals surface area contributed by atoms with Crippen molar-refractivity contribution in [2.24, 2.45) is 0 Å². The van der Waals surface area contributed by atoms with Gasteiger partial charge >= 0.3 is 0 Å². The molecular formula is C37H26N2S. The minimum absolute atomic E-state index is 1.08. The maximum absolute atomic E-state index is 3.74. The zero-order chi connectivity index (χ0) is 26.6. The van der Waals surface area contributed by atoms with Gasteiger partial charge in [0.2, 0.25) is 0 Å². The first kappa shape index (κ1) is 23.1. The number of hydrogen-bond donors (Lipinski definition) is 1. The maximum atomic E-state index is 3.74. The molecule has 0 amide bonds. The molecular weight excluding hydrogens is 504 g/mol. The number of nitrogens with zero attached hydrogens (tertiary/aromatic N) is 1. The van der Waals surface area contributed by atoms with Crippen molar-refractivity contribution in [1.82, 2.24) is 4.57 Å². The second-order valence-corrected chi connectivity index (χ2v) is 11.4. The number of hydrogen-bond acceptors (Lipinski definition) is 2. The highest BCUT2D eigenvalue weighted by atomic mass is 32.1. The highest BCUT2D eigenvalue weighted by molar-refractivity contribution is 7.26. The van der Waals surface area contributed by atoms with Crippen molar-refractivity contribution in [2.75, 3.05) is 5.32 Å². The summed E-state index contributed by atoms with van der Waals surface area (Å²) >= 11 is 1.88. The van der Waals surface area contributed by atoms with Gasteiger partial charge in [0.05, 0.1) is 21.4 Å². The minimum Gasteiger partial charge on any atom is -0.355 e. The van der Waals surface area contributed by atoms with Gasteiger partial charge in [-0.2, -0.15) is 0 Å². The van der Waals surface area contributed by atoms with Crippen LogP contribution in [0, 0.1) is 6.92 Å². The molecule has 0 radical (unpaired) electrons. The first-order chi connectivity index (χ1) is 19.8. The number of anilines is 2. The molecule has 0 aliphatic heterocycles. The lowest BCUT2D eigenvalue weighted by Crippen LogP contribution is -1.96. The summed E-state index contributed by atoms with van der Waals surface area (Å²) in [5.74, 6) is 0. The standard InChI is InChI=1S/C37H26N2S/c1-24-11-2-3-12-26(24)27-13-4-7-17-32(27)38-25-21-22-34-31(23-25)28-14-5-8-18-33(28)39(34)35-19-10-16-30-29-15-6-9-20-36(29)40-37(30)35/h2-23,38H,1H3. The average Bonchev–Trinajstić information content (AvgIpc) is 3.54. The summed E-state index contributed by atoms with van der Waals surface area (Å²) in [4.78, 5) is 0. The zero-order valence-electron chi connectivity index (χ0n) is 22.1. The first-order valence-corrected chi connectivity index (χ1v) is 14.4. The summed E-state index contributed by atoms with van der Waals surface area (Å²) in [7, 11) is 0. The Hall–Kier alpha value is -4.86. The summed E-state index contributed by atoms with van der Waals surface area (Å²) in [6, 6.07) is 48.1. The fourth-order valence-electron chi connectivity index (χ4n) is 6.08. The number of aryl methyl sites for hydroxylation is 1. The molecule has 8 aromatic rings. The molecule has 3 heteroatoms. The highest BCUT2D eigenvalue weighted by Crippen LogP contribution is 2.41. The van der Waals surface area contributed by atoms with Crippen LogP contribution in [0.15, 0.2) is 133 Å². The fraction of sp³-hybridized carbons (Fsp3) is 0.0270. The SMILES string of the molecule is Cc1ccccc1-c1ccccc1Nc1ccc2c(c1)c1ccccc1n2-c1cccc2c1sc1ccccc12. The molecule has 0 aliphatic rings. The van der Waals surface area contributed by atoms with Gasteiger partial charge in [0.15, 0.2) is 0 Å². The van der Waals surface area contributed by atoms with Crippen LogP contribution in [0.25, 0.3) is 58.8 Å². The molecule has 2 aromatic heterocycles. The van der Waals surface area contributed by atoms with E-state index in [0.29, 0.717) is 0 Å². The Morgan fingerprint density at radius 2 is 1.25 bits per heavy atom. The number of aromatic nitrogens is 1. The van der Waals surface area contributed by atoms with Crippen LogP contribution < -0.4 is 5.32 Å². The van der Waals surface area contributed by atoms with Gasteiger partial charge in [-0.1, -0.05) is 91.0 Å². The van der Waals surface area contributed by atoms with Crippen molar-refractivity contribution in [1.29, 1.82) is 0 Å². The van der Waals surface area contributed by atoms with Crippen molar-refractivity contribution in [2.45, 2.75) is 6.92 Å². The molecule has 2 heterocycles. The molecule has 0 atom stereocenters. The van der Waals surface area contributed by atoms with Gasteiger partial charge in [0.25, 0.3) is 0 Å². The largest absolute Gasteiger partial charge is 0.355 e. The van der Waals surface area contributed by atoms with E-state index in [-0.39, 0.29) is 0 Å². The van der Waals surface area contributed by atoms with Crippen LogP contribution in [0.4, 0.5) is 11.4 Å². The third-order valence-electron chi connectivity index (χ3n) is 7.94. The third kappa shape index (κ3) is 3.55. The van der Waals surface area contributed by atoms with Gasteiger partial charge in [0.1, 0.15) is 0 Å². The molecule has 6 aromatic carbocycles. The number of benzene rings is 6. The van der Waals surface area contributed by atoms with Crippen LogP contribution in [0.3, 0.4) is 0 Å². The number of para-hydroxylation sites is 2. The molecule has 40 heavy (non-hydrogen) atoms. The Kier molecular flexibility index (Phi) is 5.26. The maximum Gasteiger partial charge on any atom is 0.0640 e. The molecule has 8 rings (SSSR count). The van der Waals surface area contributed by atoms with Crippen molar-refractivity contribution in [3.63, 3.8) is 0 Å². The van der Waals surface area contributed by atoms with Gasteiger partial charge in [-0.25, -0.2) is 0 Å². The van der Waals surface area contributed by atoms with Crippen molar-refractivity contribution < 1.29 is 0 Å². The van der Waals surface area contributed by atoms with Gasteiger partial charge in [-0.05, 0) is 60.5 Å². The number of thiophene rings is 1. The topological polar surface area (TPSA) is 17.0 Å². The van der Waals surface area contributed by atoms with Crippen LogP contribution in [0.5, 0.6) is 0 Å². The highest BCUT2D eigenvalue weighted by Gasteiger charge is 2.17. The van der Waals surface area contributed by atoms with Gasteiger partial charge in [-0.15, -0.1) is 11.3 Å². The summed E-state index contributed by atoms with van der Waals surface area (Å²) in [6.07, 6.45) is 0. The molecule has 190 valence electrons. The van der Waals surface area contributed by atoms with Gasteiger partial charge in [0, 0.05) is 43.2 Å². The van der Waals surface area contributed by atoms with Crippen LogP contribution in [0.1, 0.15) is 5.56 Å². The third-order valence-corrected chi connectivity index (χ3v) is 9.15. The Balaban J connectivity index is 1.31. The second kappa shape index (κ2) is 9.11. The first-order valence-electron chi connectivity index (χ1n) is 13.6. The predicted molar refractivity (Wildman–Crippen MR) is 174 cm³/mol. The molecule has 0 fully saturated rings. The Morgan fingerprint density at radius 1 is 0.550 bits per heavy atom. The van der Waals surface area contributed by atoms with Crippen molar-refractivity contribution >= 4 is 64.7 Å². The van der Waals surface area contributed by atoms with E-state index in [1.165, 1.54) is 64.4 Å². The van der Waals surface area contributed by atoms with Crippen molar-refractivity contribution in [3.05, 3.63) is 139 Å². The van der Waals surface area contributed by atoms with E-state index >= 15 is 0 Å². The number of fused-ring (bicyclic) bond motifs is 6. The summed E-state index contributed by atoms with van der Waals surface area (Å²) < 4.78 is 5.08. The fourth-order valence-corrected chi connectivity index (χ4v) is 7.28. The van der Waals surface area contributed by atoms with Crippen LogP contribution in [-0.2, 0) is 0 Å². The van der Waals surface area contributed by atoms with E-state index in [1.807, 2.05) is 11.3 Å². The van der Waals surface area contributed by atoms with Gasteiger partial charge in [-0.3, -0.25) is 0 Å². The van der Waals surface area contributed by atoms with E-state index in [0.717, 1.165) is 11.4 Å². The molecule has 0 unspecified atom stereocenters. The molecule has 2 nitrogen and oxygen atoms in total. The van der Waals surface area contributed by atoms with Crippen LogP contribution >= 0.6 is 11.3 Å². The van der Waals surface area contributed by atoms with Gasteiger partial charge < -0.3 is 9.88 Å². The van der Waals surface area contributed by atoms with E-state index in [2.05, 4.69) is 150 Å². The number of nitrogens with one attached hydrogen (secondary N) is 1. The van der Waals surface area contributed by atoms with E-state index < -0.39 is 0 Å². The van der Waals surface area contributed by atoms with Crippen LogP contribution in [0.2, 0.25) is 0 Å². The smallest absolute Gasteiger partial charge is 0.0640 e. The molecule has 0 saturated carbocycles. The van der Waals surface area contributed by atoms with Crippen LogP contribution in [-0.4, -0.2) is 4.57 Å². The lowest BCUT2D eigenvalue weighted by Gasteiger charge is -2.14. The quantitative estimate of drug-likeness (QED) is 0.239. The lowest BCUT2D eigenvalue weighted by molar-refractivity contribution is 1.20. The minimum atomic E-state index is 1.08. The molecule has 0 saturated heterocycles. The number of rotatable bonds is 4. The monoisotopic (exact) mass is 530 g/mol. The second-order valence-electron chi connectivity index (χ2n) is 10.3. The summed E-state index contributed by atoms with van der Waals surface area (Å²) in [5, 5.41) is 8.88. The molecule has 0 aliphatic carbocycles. The Morgan fingerprint density at radius 3 is 2.15 bits per heavy atom. The van der Waals surface area contributed by atoms with E-state index in [4.69, 9.17) is 0 Å². The summed E-state index contributed by atoms with van der Waals surface area (Å²) in [5.41, 5.74) is 9.58. The summed E-state index contributed by atoms with van der Waals surface area (Å²) in [6.45, 7) is 2.17. The van der Waals surface area contributed by atoms with E-state index in [9.17, 15) is 0 Å². The Bertz CT molecular complexity index is 2220. The zero-order valence-corrected chi connectivity index (χ0v) is 22.9. The van der Waals surface area contributed by atoms with E-state index in [1.54, 1.807) is 0 Å². The molecule has 0 bridgehead atoms. The lowest BCUT2D eigenvalue weighted by atomic mass is 9.99. The van der Waals surface area contributed by atoms with Crippen molar-refractivity contribution in [3.8, 4) is 16.8 Å². The molecule has 1 N–H and O–H groups in total.